The highest BCUT2D eigenvalue weighted by atomic mass is 35.5. The molecule has 0 saturated carbocycles. The Bertz CT molecular complexity index is 1150. The Morgan fingerprint density at radius 2 is 1.94 bits per heavy atom. The molecule has 1 aliphatic rings. The van der Waals surface area contributed by atoms with Crippen LogP contribution in [0.1, 0.15) is 32.3 Å². The first-order chi connectivity index (χ1) is 17.6. The first kappa shape index (κ1) is 25.9. The van der Waals surface area contributed by atoms with Gasteiger partial charge in [0.25, 0.3) is 0 Å². The van der Waals surface area contributed by atoms with E-state index in [1.807, 2.05) is 36.5 Å². The number of hydrogen-bond acceptors (Lipinski definition) is 8. The van der Waals surface area contributed by atoms with E-state index < -0.39 is 0 Å². The van der Waals surface area contributed by atoms with Crippen LogP contribution < -0.4 is 15.5 Å². The number of piperidine rings is 1. The van der Waals surface area contributed by atoms with Gasteiger partial charge in [0, 0.05) is 63.0 Å². The first-order valence-corrected chi connectivity index (χ1v) is 13.0. The van der Waals surface area contributed by atoms with Crippen molar-refractivity contribution in [1.29, 1.82) is 0 Å². The van der Waals surface area contributed by atoms with Crippen molar-refractivity contribution in [2.75, 3.05) is 49.5 Å². The molecule has 1 aromatic carbocycles. The maximum Gasteiger partial charge on any atom is 0.407 e. The van der Waals surface area contributed by atoms with Crippen LogP contribution >= 0.6 is 11.6 Å². The first-order valence-electron chi connectivity index (χ1n) is 12.6. The van der Waals surface area contributed by atoms with Crippen LogP contribution in [0, 0.1) is 0 Å². The van der Waals surface area contributed by atoms with Crippen LogP contribution in [-0.4, -0.2) is 71.3 Å². The second-order valence-electron chi connectivity index (χ2n) is 8.75. The maximum atomic E-state index is 12.2. The molecule has 2 aromatic heterocycles. The molecule has 0 radical (unpaired) electrons. The zero-order valence-corrected chi connectivity index (χ0v) is 21.7. The SMILES string of the molecule is CCN(CC)CCNC(=O)OC1CCN(c2nccc3nc(NCc4ccccc4Cl)ncc23)CC1. The number of pyridine rings is 1. The minimum atomic E-state index is -0.339. The average molecular weight is 512 g/mol. The van der Waals surface area contributed by atoms with Crippen molar-refractivity contribution in [3.8, 4) is 0 Å². The van der Waals surface area contributed by atoms with Crippen molar-refractivity contribution >= 4 is 40.4 Å². The molecule has 3 heterocycles. The fourth-order valence-corrected chi connectivity index (χ4v) is 4.53. The molecule has 0 bridgehead atoms. The van der Waals surface area contributed by atoms with E-state index in [-0.39, 0.29) is 12.2 Å². The Balaban J connectivity index is 1.30. The fourth-order valence-electron chi connectivity index (χ4n) is 4.33. The van der Waals surface area contributed by atoms with Crippen LogP contribution in [0.2, 0.25) is 5.02 Å². The normalized spacial score (nSPS) is 14.3. The lowest BCUT2D eigenvalue weighted by Gasteiger charge is -2.33. The van der Waals surface area contributed by atoms with Gasteiger partial charge in [-0.15, -0.1) is 0 Å². The largest absolute Gasteiger partial charge is 0.446 e. The van der Waals surface area contributed by atoms with Crippen LogP contribution in [0.3, 0.4) is 0 Å². The van der Waals surface area contributed by atoms with E-state index >= 15 is 0 Å². The number of rotatable bonds is 10. The van der Waals surface area contributed by atoms with Crippen molar-refractivity contribution < 1.29 is 9.53 Å². The molecular formula is C26H34ClN7O2. The minimum absolute atomic E-state index is 0.0958. The van der Waals surface area contributed by atoms with Gasteiger partial charge in [-0.3, -0.25) is 0 Å². The second-order valence-corrected chi connectivity index (χ2v) is 9.16. The van der Waals surface area contributed by atoms with Crippen LogP contribution in [0.4, 0.5) is 16.6 Å². The van der Waals surface area contributed by atoms with E-state index in [9.17, 15) is 4.79 Å². The Morgan fingerprint density at radius 3 is 2.69 bits per heavy atom. The number of halogens is 1. The van der Waals surface area contributed by atoms with Crippen LogP contribution in [-0.2, 0) is 11.3 Å². The molecule has 10 heteroatoms. The number of fused-ring (bicyclic) bond motifs is 1. The summed E-state index contributed by atoms with van der Waals surface area (Å²) in [7, 11) is 0. The molecule has 36 heavy (non-hydrogen) atoms. The van der Waals surface area contributed by atoms with Crippen molar-refractivity contribution in [3.05, 3.63) is 53.3 Å². The van der Waals surface area contributed by atoms with Gasteiger partial charge in [0.2, 0.25) is 5.95 Å². The third-order valence-electron chi connectivity index (χ3n) is 6.49. The fraction of sp³-hybridized carbons (Fsp3) is 0.462. The van der Waals surface area contributed by atoms with Gasteiger partial charge >= 0.3 is 6.09 Å². The number of amides is 1. The molecule has 4 rings (SSSR count). The maximum absolute atomic E-state index is 12.2. The number of carbonyl (C=O) groups excluding carboxylic acids is 1. The van der Waals surface area contributed by atoms with Crippen molar-refractivity contribution in [2.24, 2.45) is 0 Å². The summed E-state index contributed by atoms with van der Waals surface area (Å²) >= 11 is 6.25. The summed E-state index contributed by atoms with van der Waals surface area (Å²) in [6, 6.07) is 9.59. The van der Waals surface area contributed by atoms with Crippen molar-refractivity contribution in [3.63, 3.8) is 0 Å². The predicted molar refractivity (Wildman–Crippen MR) is 144 cm³/mol. The lowest BCUT2D eigenvalue weighted by Crippen LogP contribution is -2.41. The molecule has 1 aliphatic heterocycles. The number of alkyl carbamates (subject to hydrolysis) is 1. The van der Waals surface area contributed by atoms with Gasteiger partial charge in [-0.25, -0.2) is 19.7 Å². The number of nitrogens with zero attached hydrogens (tertiary/aromatic N) is 5. The zero-order chi connectivity index (χ0) is 25.3. The Hall–Kier alpha value is -3.17. The molecule has 1 saturated heterocycles. The topological polar surface area (TPSA) is 95.5 Å². The molecule has 2 N–H and O–H groups in total. The Labute approximate surface area is 217 Å². The average Bonchev–Trinajstić information content (AvgIpc) is 2.90. The smallest absolute Gasteiger partial charge is 0.407 e. The van der Waals surface area contributed by atoms with Gasteiger partial charge in [-0.05, 0) is 30.8 Å². The zero-order valence-electron chi connectivity index (χ0n) is 20.9. The Kier molecular flexibility index (Phi) is 9.13. The van der Waals surface area contributed by atoms with Gasteiger partial charge in [-0.2, -0.15) is 0 Å². The minimum Gasteiger partial charge on any atom is -0.446 e. The predicted octanol–water partition coefficient (Wildman–Crippen LogP) is 4.33. The molecule has 0 spiro atoms. The lowest BCUT2D eigenvalue weighted by atomic mass is 10.1. The molecular weight excluding hydrogens is 478 g/mol. The molecule has 1 fully saturated rings. The number of hydrogen-bond donors (Lipinski definition) is 2. The van der Waals surface area contributed by atoms with E-state index in [1.165, 1.54) is 0 Å². The highest BCUT2D eigenvalue weighted by Crippen LogP contribution is 2.27. The monoisotopic (exact) mass is 511 g/mol. The van der Waals surface area contributed by atoms with E-state index in [0.29, 0.717) is 24.1 Å². The van der Waals surface area contributed by atoms with Crippen LogP contribution in [0.15, 0.2) is 42.7 Å². The van der Waals surface area contributed by atoms with Crippen molar-refractivity contribution in [1.82, 2.24) is 25.2 Å². The standard InChI is InChI=1S/C26H34ClN7O2/c1-3-33(4-2)16-13-29-26(35)36-20-10-14-34(15-11-20)24-21-18-31-25(32-23(21)9-12-28-24)30-17-19-7-5-6-8-22(19)27/h5-9,12,18,20H,3-4,10-11,13-17H2,1-2H3,(H,29,35)(H,30,31,32). The van der Waals surface area contributed by atoms with Crippen LogP contribution in [0.5, 0.6) is 0 Å². The summed E-state index contributed by atoms with van der Waals surface area (Å²) in [5.41, 5.74) is 1.81. The summed E-state index contributed by atoms with van der Waals surface area (Å²) < 4.78 is 5.64. The van der Waals surface area contributed by atoms with E-state index in [1.54, 1.807) is 6.20 Å². The molecule has 0 atom stereocenters. The second kappa shape index (κ2) is 12.7. The van der Waals surface area contributed by atoms with Gasteiger partial charge in [0.1, 0.15) is 11.9 Å². The summed E-state index contributed by atoms with van der Waals surface area (Å²) in [5, 5.41) is 7.72. The van der Waals surface area contributed by atoms with Crippen LogP contribution in [0.25, 0.3) is 10.9 Å². The summed E-state index contributed by atoms with van der Waals surface area (Å²) in [5.74, 6) is 1.39. The quantitative estimate of drug-likeness (QED) is 0.415. The highest BCUT2D eigenvalue weighted by molar-refractivity contribution is 6.31. The molecule has 192 valence electrons. The number of carbonyl (C=O) groups is 1. The summed E-state index contributed by atoms with van der Waals surface area (Å²) in [6.45, 7) is 9.63. The molecule has 0 unspecified atom stereocenters. The molecule has 9 nitrogen and oxygen atoms in total. The highest BCUT2D eigenvalue weighted by Gasteiger charge is 2.24. The van der Waals surface area contributed by atoms with Crippen molar-refractivity contribution in [2.45, 2.75) is 39.3 Å². The third-order valence-corrected chi connectivity index (χ3v) is 6.86. The third kappa shape index (κ3) is 6.73. The number of anilines is 2. The molecule has 1 amide bonds. The number of benzene rings is 1. The summed E-state index contributed by atoms with van der Waals surface area (Å²) in [4.78, 5) is 30.4. The number of likely N-dealkylation sites (N-methyl/N-ethyl adjacent to an activating group) is 1. The number of aromatic nitrogens is 3. The van der Waals surface area contributed by atoms with Gasteiger partial charge < -0.3 is 25.2 Å². The van der Waals surface area contributed by atoms with E-state index in [2.05, 4.69) is 49.2 Å². The Morgan fingerprint density at radius 1 is 1.17 bits per heavy atom. The van der Waals surface area contributed by atoms with Gasteiger partial charge in [-0.1, -0.05) is 43.6 Å². The van der Waals surface area contributed by atoms with Gasteiger partial charge in [0.05, 0.1) is 10.9 Å². The summed E-state index contributed by atoms with van der Waals surface area (Å²) in [6.07, 6.45) is 4.65. The number of nitrogens with one attached hydrogen (secondary N) is 2. The lowest BCUT2D eigenvalue weighted by molar-refractivity contribution is 0.0825. The number of ether oxygens (including phenoxy) is 1. The van der Waals surface area contributed by atoms with Gasteiger partial charge in [0.15, 0.2) is 0 Å². The molecule has 3 aromatic rings. The van der Waals surface area contributed by atoms with E-state index in [4.69, 9.17) is 16.3 Å². The van der Waals surface area contributed by atoms with E-state index in [0.717, 1.165) is 67.8 Å². The molecule has 0 aliphatic carbocycles.